The maximum absolute atomic E-state index is 12.3. The minimum Gasteiger partial charge on any atom is -0.370 e. The molecule has 1 amide bonds. The van der Waals surface area contributed by atoms with Crippen LogP contribution in [0.5, 0.6) is 0 Å². The highest BCUT2D eigenvalue weighted by molar-refractivity contribution is 5.94. The molecule has 110 valence electrons. The van der Waals surface area contributed by atoms with Gasteiger partial charge >= 0.3 is 0 Å². The Morgan fingerprint density at radius 2 is 2.05 bits per heavy atom. The van der Waals surface area contributed by atoms with Gasteiger partial charge in [-0.1, -0.05) is 26.2 Å². The fourth-order valence-electron chi connectivity index (χ4n) is 2.69. The normalized spacial score (nSPS) is 17.5. The minimum atomic E-state index is -0.0472. The minimum absolute atomic E-state index is 0.0102. The molecule has 0 radical (unpaired) electrons. The Morgan fingerprint density at radius 3 is 2.65 bits per heavy atom. The van der Waals surface area contributed by atoms with Gasteiger partial charge < -0.3 is 10.6 Å². The van der Waals surface area contributed by atoms with E-state index in [9.17, 15) is 4.79 Å². The zero-order valence-corrected chi connectivity index (χ0v) is 12.5. The van der Waals surface area contributed by atoms with Crippen molar-refractivity contribution < 1.29 is 4.79 Å². The van der Waals surface area contributed by atoms with Crippen molar-refractivity contribution in [1.29, 1.82) is 0 Å². The highest BCUT2D eigenvalue weighted by Crippen LogP contribution is 2.27. The van der Waals surface area contributed by atoms with E-state index in [0.717, 1.165) is 31.6 Å². The fraction of sp³-hybridized carbons (Fsp3) is 0.625. The summed E-state index contributed by atoms with van der Waals surface area (Å²) >= 11 is 0. The molecule has 0 aliphatic heterocycles. The standard InChI is InChI=1S/C16H25N3O/c1-3-11-17-14-8-7-13(12-18-14)15(20)19-16(2)9-5-4-6-10-16/h7-8,12H,3-6,9-11H2,1-2H3,(H,17,18)(H,19,20). The summed E-state index contributed by atoms with van der Waals surface area (Å²) in [7, 11) is 0. The summed E-state index contributed by atoms with van der Waals surface area (Å²) in [6.45, 7) is 5.16. The first-order chi connectivity index (χ1) is 9.63. The molecule has 1 saturated carbocycles. The molecule has 1 aromatic rings. The molecule has 2 rings (SSSR count). The third-order valence-corrected chi connectivity index (χ3v) is 3.95. The number of hydrogen-bond donors (Lipinski definition) is 2. The monoisotopic (exact) mass is 275 g/mol. The van der Waals surface area contributed by atoms with Gasteiger partial charge in [-0.15, -0.1) is 0 Å². The average molecular weight is 275 g/mol. The van der Waals surface area contributed by atoms with Crippen molar-refractivity contribution in [3.05, 3.63) is 23.9 Å². The van der Waals surface area contributed by atoms with Crippen molar-refractivity contribution in [3.63, 3.8) is 0 Å². The van der Waals surface area contributed by atoms with Gasteiger partial charge in [-0.05, 0) is 38.3 Å². The number of aromatic nitrogens is 1. The second-order valence-electron chi connectivity index (χ2n) is 5.93. The fourth-order valence-corrected chi connectivity index (χ4v) is 2.69. The Kier molecular flexibility index (Phi) is 4.99. The van der Waals surface area contributed by atoms with Crippen LogP contribution in [0.2, 0.25) is 0 Å². The molecule has 0 bridgehead atoms. The number of hydrogen-bond acceptors (Lipinski definition) is 3. The first kappa shape index (κ1) is 14.8. The summed E-state index contributed by atoms with van der Waals surface area (Å²) in [5, 5.41) is 6.38. The van der Waals surface area contributed by atoms with Gasteiger partial charge in [0.25, 0.3) is 5.91 Å². The molecule has 4 nitrogen and oxygen atoms in total. The highest BCUT2D eigenvalue weighted by atomic mass is 16.1. The molecule has 1 heterocycles. The molecular formula is C16H25N3O. The molecule has 1 fully saturated rings. The van der Waals surface area contributed by atoms with Crippen LogP contribution in [0.1, 0.15) is 62.7 Å². The van der Waals surface area contributed by atoms with Crippen LogP contribution in [-0.4, -0.2) is 23.0 Å². The molecule has 0 spiro atoms. The maximum Gasteiger partial charge on any atom is 0.253 e. The molecule has 1 aliphatic carbocycles. The quantitative estimate of drug-likeness (QED) is 0.866. The lowest BCUT2D eigenvalue weighted by molar-refractivity contribution is 0.0882. The number of carbonyl (C=O) groups is 1. The van der Waals surface area contributed by atoms with Gasteiger partial charge in [0.05, 0.1) is 5.56 Å². The van der Waals surface area contributed by atoms with E-state index in [2.05, 4.69) is 29.5 Å². The first-order valence-corrected chi connectivity index (χ1v) is 7.65. The van der Waals surface area contributed by atoms with Gasteiger partial charge in [0.15, 0.2) is 0 Å². The summed E-state index contributed by atoms with van der Waals surface area (Å²) in [6.07, 6.45) is 8.54. The Hall–Kier alpha value is -1.58. The second-order valence-corrected chi connectivity index (χ2v) is 5.93. The van der Waals surface area contributed by atoms with Crippen molar-refractivity contribution in [1.82, 2.24) is 10.3 Å². The zero-order chi connectivity index (χ0) is 14.4. The Labute approximate surface area is 121 Å². The van der Waals surface area contributed by atoms with Gasteiger partial charge in [-0.25, -0.2) is 4.98 Å². The van der Waals surface area contributed by atoms with E-state index in [1.807, 2.05) is 12.1 Å². The van der Waals surface area contributed by atoms with Crippen LogP contribution in [0, 0.1) is 0 Å². The van der Waals surface area contributed by atoms with E-state index < -0.39 is 0 Å². The zero-order valence-electron chi connectivity index (χ0n) is 12.5. The number of anilines is 1. The summed E-state index contributed by atoms with van der Waals surface area (Å²) in [5.41, 5.74) is 0.591. The van der Waals surface area contributed by atoms with Crippen LogP contribution < -0.4 is 10.6 Å². The third kappa shape index (κ3) is 3.95. The van der Waals surface area contributed by atoms with Crippen molar-refractivity contribution in [2.75, 3.05) is 11.9 Å². The number of nitrogens with zero attached hydrogens (tertiary/aromatic N) is 1. The number of carbonyl (C=O) groups excluding carboxylic acids is 1. The molecule has 0 saturated heterocycles. The Balaban J connectivity index is 1.94. The van der Waals surface area contributed by atoms with Crippen molar-refractivity contribution in [3.8, 4) is 0 Å². The van der Waals surface area contributed by atoms with E-state index in [1.54, 1.807) is 6.20 Å². The van der Waals surface area contributed by atoms with Crippen LogP contribution in [0.3, 0.4) is 0 Å². The lowest BCUT2D eigenvalue weighted by Gasteiger charge is -2.34. The molecule has 4 heteroatoms. The SMILES string of the molecule is CCCNc1ccc(C(=O)NC2(C)CCCCC2)cn1. The van der Waals surface area contributed by atoms with Crippen molar-refractivity contribution in [2.45, 2.75) is 57.9 Å². The summed E-state index contributed by atoms with van der Waals surface area (Å²) in [4.78, 5) is 16.6. The largest absolute Gasteiger partial charge is 0.370 e. The number of pyridine rings is 1. The van der Waals surface area contributed by atoms with Crippen LogP contribution in [-0.2, 0) is 0 Å². The van der Waals surface area contributed by atoms with Gasteiger partial charge in [-0.3, -0.25) is 4.79 Å². The van der Waals surface area contributed by atoms with Crippen molar-refractivity contribution >= 4 is 11.7 Å². The Bertz CT molecular complexity index is 436. The van der Waals surface area contributed by atoms with Crippen LogP contribution in [0.15, 0.2) is 18.3 Å². The molecular weight excluding hydrogens is 250 g/mol. The molecule has 0 aromatic carbocycles. The predicted molar refractivity (Wildman–Crippen MR) is 82.0 cm³/mol. The van der Waals surface area contributed by atoms with Gasteiger partial charge in [0, 0.05) is 18.3 Å². The van der Waals surface area contributed by atoms with E-state index >= 15 is 0 Å². The summed E-state index contributed by atoms with van der Waals surface area (Å²) < 4.78 is 0. The molecule has 1 aliphatic rings. The Morgan fingerprint density at radius 1 is 1.30 bits per heavy atom. The maximum atomic E-state index is 12.3. The van der Waals surface area contributed by atoms with Crippen LogP contribution in [0.25, 0.3) is 0 Å². The van der Waals surface area contributed by atoms with E-state index in [0.29, 0.717) is 5.56 Å². The predicted octanol–water partition coefficient (Wildman–Crippen LogP) is 3.36. The van der Waals surface area contributed by atoms with E-state index in [-0.39, 0.29) is 11.4 Å². The molecule has 20 heavy (non-hydrogen) atoms. The molecule has 0 atom stereocenters. The van der Waals surface area contributed by atoms with Crippen LogP contribution in [0.4, 0.5) is 5.82 Å². The second kappa shape index (κ2) is 6.73. The lowest BCUT2D eigenvalue weighted by atomic mass is 9.83. The topological polar surface area (TPSA) is 54.0 Å². The van der Waals surface area contributed by atoms with Crippen LogP contribution >= 0.6 is 0 Å². The number of rotatable bonds is 5. The van der Waals surface area contributed by atoms with Gasteiger partial charge in [0.1, 0.15) is 5.82 Å². The summed E-state index contributed by atoms with van der Waals surface area (Å²) in [6, 6.07) is 3.71. The lowest BCUT2D eigenvalue weighted by Crippen LogP contribution is -2.47. The summed E-state index contributed by atoms with van der Waals surface area (Å²) in [5.74, 6) is 0.816. The smallest absolute Gasteiger partial charge is 0.253 e. The third-order valence-electron chi connectivity index (χ3n) is 3.95. The van der Waals surface area contributed by atoms with Crippen molar-refractivity contribution in [2.24, 2.45) is 0 Å². The average Bonchev–Trinajstić information content (AvgIpc) is 2.46. The van der Waals surface area contributed by atoms with E-state index in [4.69, 9.17) is 0 Å². The van der Waals surface area contributed by atoms with Gasteiger partial charge in [0.2, 0.25) is 0 Å². The first-order valence-electron chi connectivity index (χ1n) is 7.65. The van der Waals surface area contributed by atoms with Gasteiger partial charge in [-0.2, -0.15) is 0 Å². The molecule has 2 N–H and O–H groups in total. The molecule has 0 unspecified atom stereocenters. The molecule has 1 aromatic heterocycles. The highest BCUT2D eigenvalue weighted by Gasteiger charge is 2.28. The number of amides is 1. The number of nitrogens with one attached hydrogen (secondary N) is 2. The van der Waals surface area contributed by atoms with E-state index in [1.165, 1.54) is 19.3 Å².